The predicted molar refractivity (Wildman–Crippen MR) is 116 cm³/mol. The number of amides is 1. The number of nitrogens with zero attached hydrogens (tertiary/aromatic N) is 5. The number of nitrogens with one attached hydrogen (secondary N) is 1. The summed E-state index contributed by atoms with van der Waals surface area (Å²) in [6.07, 6.45) is 1.57. The number of carbonyl (C=O) groups is 1. The SMILES string of the molecule is Cc1c2c(nn1C)C(=O)N(c1ccc3nc[nH]c3c1)C2c1ccc(N2CC(F)(F)C2)cc1F. The Morgan fingerprint density at radius 2 is 1.88 bits per heavy atom. The number of hydrogen-bond donors (Lipinski definition) is 1. The zero-order valence-electron chi connectivity index (χ0n) is 17.8. The fourth-order valence-corrected chi connectivity index (χ4v) is 4.73. The van der Waals surface area contributed by atoms with Crippen molar-refractivity contribution in [2.24, 2.45) is 7.05 Å². The van der Waals surface area contributed by atoms with Gasteiger partial charge in [-0.2, -0.15) is 5.10 Å². The van der Waals surface area contributed by atoms with Gasteiger partial charge in [0.05, 0.1) is 36.5 Å². The first-order chi connectivity index (χ1) is 15.7. The number of alkyl halides is 2. The summed E-state index contributed by atoms with van der Waals surface area (Å²) in [4.78, 5) is 23.6. The monoisotopic (exact) mass is 452 g/mol. The summed E-state index contributed by atoms with van der Waals surface area (Å²) in [5.41, 5.74) is 4.39. The topological polar surface area (TPSA) is 70.0 Å². The van der Waals surface area contributed by atoms with Crippen molar-refractivity contribution in [3.8, 4) is 0 Å². The highest BCUT2D eigenvalue weighted by atomic mass is 19.3. The molecule has 0 aliphatic carbocycles. The summed E-state index contributed by atoms with van der Waals surface area (Å²) in [6.45, 7) is 0.966. The van der Waals surface area contributed by atoms with Gasteiger partial charge in [-0.15, -0.1) is 0 Å². The second-order valence-corrected chi connectivity index (χ2v) is 8.57. The predicted octanol–water partition coefficient (Wildman–Crippen LogP) is 3.95. The van der Waals surface area contributed by atoms with E-state index in [-0.39, 0.29) is 17.2 Å². The molecule has 1 unspecified atom stereocenters. The van der Waals surface area contributed by atoms with Crippen LogP contribution in [0.1, 0.15) is 33.4 Å². The first-order valence-electron chi connectivity index (χ1n) is 10.5. The van der Waals surface area contributed by atoms with Gasteiger partial charge in [-0.05, 0) is 37.3 Å². The Balaban J connectivity index is 1.47. The van der Waals surface area contributed by atoms with E-state index in [1.165, 1.54) is 15.9 Å². The number of carbonyl (C=O) groups excluding carboxylic acids is 1. The Bertz CT molecular complexity index is 1430. The quantitative estimate of drug-likeness (QED) is 0.511. The van der Waals surface area contributed by atoms with Gasteiger partial charge in [0.25, 0.3) is 11.8 Å². The first kappa shape index (κ1) is 19.8. The van der Waals surface area contributed by atoms with Crippen molar-refractivity contribution in [2.75, 3.05) is 22.9 Å². The molecular formula is C23H19F3N6O. The van der Waals surface area contributed by atoms with Gasteiger partial charge < -0.3 is 9.88 Å². The largest absolute Gasteiger partial charge is 0.359 e. The molecule has 0 radical (unpaired) electrons. The van der Waals surface area contributed by atoms with Crippen LogP contribution in [0.15, 0.2) is 42.7 Å². The number of anilines is 2. The lowest BCUT2D eigenvalue weighted by molar-refractivity contribution is -0.0262. The van der Waals surface area contributed by atoms with E-state index in [9.17, 15) is 13.6 Å². The summed E-state index contributed by atoms with van der Waals surface area (Å²) in [7, 11) is 1.74. The van der Waals surface area contributed by atoms with Gasteiger partial charge in [-0.25, -0.2) is 18.2 Å². The van der Waals surface area contributed by atoms with Gasteiger partial charge in [-0.1, -0.05) is 6.07 Å². The van der Waals surface area contributed by atoms with Gasteiger partial charge in [0.2, 0.25) is 0 Å². The lowest BCUT2D eigenvalue weighted by Crippen LogP contribution is -2.56. The number of fused-ring (bicyclic) bond motifs is 2. The first-order valence-corrected chi connectivity index (χ1v) is 10.5. The van der Waals surface area contributed by atoms with Crippen LogP contribution in [0.4, 0.5) is 24.5 Å². The smallest absolute Gasteiger partial charge is 0.282 e. The minimum absolute atomic E-state index is 0.274. The van der Waals surface area contributed by atoms with E-state index in [0.717, 1.165) is 16.7 Å². The summed E-state index contributed by atoms with van der Waals surface area (Å²) in [5, 5.41) is 4.38. The van der Waals surface area contributed by atoms with Crippen molar-refractivity contribution in [3.05, 3.63) is 71.1 Å². The minimum Gasteiger partial charge on any atom is -0.359 e. The van der Waals surface area contributed by atoms with Crippen molar-refractivity contribution in [1.29, 1.82) is 0 Å². The molecule has 1 fully saturated rings. The molecular weight excluding hydrogens is 433 g/mol. The lowest BCUT2D eigenvalue weighted by Gasteiger charge is -2.40. The molecule has 168 valence electrons. The van der Waals surface area contributed by atoms with Gasteiger partial charge in [-0.3, -0.25) is 14.4 Å². The molecule has 4 aromatic rings. The average Bonchev–Trinajstić information content (AvgIpc) is 3.41. The van der Waals surface area contributed by atoms with E-state index in [1.807, 2.05) is 6.92 Å². The number of hydrogen-bond acceptors (Lipinski definition) is 4. The third kappa shape index (κ3) is 2.86. The number of aromatic nitrogens is 4. The fourth-order valence-electron chi connectivity index (χ4n) is 4.73. The summed E-state index contributed by atoms with van der Waals surface area (Å²) in [6, 6.07) is 9.06. The van der Waals surface area contributed by atoms with Crippen molar-refractivity contribution in [2.45, 2.75) is 18.9 Å². The van der Waals surface area contributed by atoms with E-state index in [4.69, 9.17) is 0 Å². The molecule has 2 aliphatic heterocycles. The zero-order chi connectivity index (χ0) is 23.1. The lowest BCUT2D eigenvalue weighted by atomic mass is 9.97. The van der Waals surface area contributed by atoms with Crippen LogP contribution in [0.5, 0.6) is 0 Å². The molecule has 10 heteroatoms. The number of imidazole rings is 1. The minimum atomic E-state index is -2.75. The number of aryl methyl sites for hydroxylation is 1. The third-order valence-corrected chi connectivity index (χ3v) is 6.50. The van der Waals surface area contributed by atoms with Crippen LogP contribution in [0.3, 0.4) is 0 Å². The Morgan fingerprint density at radius 1 is 1.12 bits per heavy atom. The average molecular weight is 452 g/mol. The highest BCUT2D eigenvalue weighted by molar-refractivity contribution is 6.11. The van der Waals surface area contributed by atoms with E-state index in [0.29, 0.717) is 16.9 Å². The van der Waals surface area contributed by atoms with Crippen molar-refractivity contribution in [3.63, 3.8) is 0 Å². The molecule has 0 bridgehead atoms. The van der Waals surface area contributed by atoms with E-state index in [1.54, 1.807) is 48.4 Å². The maximum absolute atomic E-state index is 15.5. The van der Waals surface area contributed by atoms with Crippen LogP contribution in [0.2, 0.25) is 0 Å². The normalized spacial score (nSPS) is 19.3. The van der Waals surface area contributed by atoms with Crippen LogP contribution in [-0.4, -0.2) is 44.7 Å². The Labute approximate surface area is 186 Å². The second kappa shape index (κ2) is 6.60. The molecule has 1 atom stereocenters. The zero-order valence-corrected chi connectivity index (χ0v) is 17.8. The summed E-state index contributed by atoms with van der Waals surface area (Å²) < 4.78 is 43.7. The van der Waals surface area contributed by atoms with E-state index in [2.05, 4.69) is 15.1 Å². The molecule has 4 heterocycles. The maximum atomic E-state index is 15.5. The Morgan fingerprint density at radius 3 is 2.61 bits per heavy atom. The third-order valence-electron chi connectivity index (χ3n) is 6.50. The highest BCUT2D eigenvalue weighted by Gasteiger charge is 2.46. The summed E-state index contributed by atoms with van der Waals surface area (Å²) in [5.74, 6) is -3.65. The second-order valence-electron chi connectivity index (χ2n) is 8.57. The molecule has 1 N–H and O–H groups in total. The van der Waals surface area contributed by atoms with Gasteiger partial charge in [0.1, 0.15) is 5.82 Å². The van der Waals surface area contributed by atoms with Crippen molar-refractivity contribution in [1.82, 2.24) is 19.7 Å². The van der Waals surface area contributed by atoms with Gasteiger partial charge in [0.15, 0.2) is 5.69 Å². The standard InChI is InChI=1S/C23H19F3N6O/c1-12-19-20(29-30(12)2)22(33)32(14-4-6-17-18(8-14)28-11-27-17)21(19)15-5-3-13(7-16(15)24)31-9-23(25,26)10-31/h3-8,11,21H,9-10H2,1-2H3,(H,27,28). The Kier molecular flexibility index (Phi) is 3.96. The van der Waals surface area contributed by atoms with Crippen molar-refractivity contribution < 1.29 is 18.0 Å². The van der Waals surface area contributed by atoms with Gasteiger partial charge in [0, 0.05) is 35.2 Å². The molecule has 2 aromatic carbocycles. The molecule has 0 spiro atoms. The number of rotatable bonds is 3. The highest BCUT2D eigenvalue weighted by Crippen LogP contribution is 2.44. The molecule has 1 amide bonds. The van der Waals surface area contributed by atoms with Crippen LogP contribution < -0.4 is 9.80 Å². The molecule has 6 rings (SSSR count). The summed E-state index contributed by atoms with van der Waals surface area (Å²) >= 11 is 0. The molecule has 1 saturated heterocycles. The van der Waals surface area contributed by atoms with Crippen LogP contribution in [0.25, 0.3) is 11.0 Å². The molecule has 2 aliphatic rings. The molecule has 2 aromatic heterocycles. The van der Waals surface area contributed by atoms with E-state index < -0.39 is 30.9 Å². The molecule has 7 nitrogen and oxygen atoms in total. The van der Waals surface area contributed by atoms with Crippen LogP contribution in [0, 0.1) is 12.7 Å². The van der Waals surface area contributed by atoms with Crippen LogP contribution >= 0.6 is 0 Å². The number of halogens is 3. The van der Waals surface area contributed by atoms with Crippen LogP contribution in [-0.2, 0) is 7.05 Å². The van der Waals surface area contributed by atoms with Gasteiger partial charge >= 0.3 is 0 Å². The molecule has 33 heavy (non-hydrogen) atoms. The van der Waals surface area contributed by atoms with E-state index >= 15 is 4.39 Å². The Hall–Kier alpha value is -3.82. The number of benzene rings is 2. The number of H-pyrrole nitrogens is 1. The molecule has 0 saturated carbocycles. The number of aromatic amines is 1. The fraction of sp³-hybridized carbons (Fsp3) is 0.261. The maximum Gasteiger partial charge on any atom is 0.282 e. The van der Waals surface area contributed by atoms with Crippen molar-refractivity contribution >= 4 is 28.3 Å².